The lowest BCUT2D eigenvalue weighted by Gasteiger charge is -2.16. The highest BCUT2D eigenvalue weighted by molar-refractivity contribution is 6.31. The van der Waals surface area contributed by atoms with Crippen molar-refractivity contribution in [3.8, 4) is 11.5 Å². The van der Waals surface area contributed by atoms with Crippen molar-refractivity contribution in [3.05, 3.63) is 58.4 Å². The highest BCUT2D eigenvalue weighted by atomic mass is 35.5. The summed E-state index contributed by atoms with van der Waals surface area (Å²) in [5, 5.41) is 10.6. The lowest BCUT2D eigenvalue weighted by molar-refractivity contribution is 0.214. The summed E-state index contributed by atoms with van der Waals surface area (Å²) in [5.74, 6) is 0.370. The quantitative estimate of drug-likeness (QED) is 0.937. The van der Waals surface area contributed by atoms with E-state index in [1.807, 2.05) is 0 Å². The lowest BCUT2D eigenvalue weighted by Crippen LogP contribution is -2.04. The molecular formula is C15H14ClFO3. The Morgan fingerprint density at radius 2 is 1.65 bits per heavy atom. The maximum Gasteiger partial charge on any atom is 0.162 e. The Morgan fingerprint density at radius 1 is 1.05 bits per heavy atom. The van der Waals surface area contributed by atoms with E-state index in [1.165, 1.54) is 38.5 Å². The molecule has 1 N–H and O–H groups in total. The molecule has 1 unspecified atom stereocenters. The van der Waals surface area contributed by atoms with Crippen LogP contribution in [0, 0.1) is 5.82 Å². The van der Waals surface area contributed by atoms with E-state index in [9.17, 15) is 9.50 Å². The summed E-state index contributed by atoms with van der Waals surface area (Å²) in [6, 6.07) is 9.07. The highest BCUT2D eigenvalue weighted by Crippen LogP contribution is 2.38. The van der Waals surface area contributed by atoms with Crippen LogP contribution in [0.5, 0.6) is 11.5 Å². The molecule has 20 heavy (non-hydrogen) atoms. The molecule has 2 aromatic rings. The Morgan fingerprint density at radius 3 is 2.25 bits per heavy atom. The molecule has 0 saturated carbocycles. The second-order valence-corrected chi connectivity index (χ2v) is 4.56. The van der Waals surface area contributed by atoms with E-state index in [1.54, 1.807) is 12.1 Å². The molecule has 0 aliphatic heterocycles. The van der Waals surface area contributed by atoms with Crippen LogP contribution in [0.15, 0.2) is 36.4 Å². The molecule has 0 bridgehead atoms. The van der Waals surface area contributed by atoms with Crippen LogP contribution in [0.3, 0.4) is 0 Å². The third kappa shape index (κ3) is 2.71. The molecule has 0 heterocycles. The minimum atomic E-state index is -1.18. The highest BCUT2D eigenvalue weighted by Gasteiger charge is 2.20. The van der Waals surface area contributed by atoms with Crippen LogP contribution in [-0.2, 0) is 0 Å². The van der Waals surface area contributed by atoms with Gasteiger partial charge in [0.25, 0.3) is 0 Å². The van der Waals surface area contributed by atoms with Gasteiger partial charge in [0.2, 0.25) is 0 Å². The van der Waals surface area contributed by atoms with Crippen molar-refractivity contribution in [2.24, 2.45) is 0 Å². The first-order valence-electron chi connectivity index (χ1n) is 5.92. The zero-order valence-electron chi connectivity index (χ0n) is 11.1. The maximum absolute atomic E-state index is 13.7. The number of ether oxygens (including phenoxy) is 2. The summed E-state index contributed by atoms with van der Waals surface area (Å²) in [6.45, 7) is 0. The van der Waals surface area contributed by atoms with E-state index in [2.05, 4.69) is 0 Å². The van der Waals surface area contributed by atoms with E-state index >= 15 is 0 Å². The van der Waals surface area contributed by atoms with Crippen LogP contribution in [-0.4, -0.2) is 19.3 Å². The van der Waals surface area contributed by atoms with Gasteiger partial charge < -0.3 is 14.6 Å². The number of benzene rings is 2. The monoisotopic (exact) mass is 296 g/mol. The van der Waals surface area contributed by atoms with E-state index in [0.29, 0.717) is 17.1 Å². The fraction of sp³-hybridized carbons (Fsp3) is 0.200. The van der Waals surface area contributed by atoms with Crippen molar-refractivity contribution in [2.75, 3.05) is 14.2 Å². The number of methoxy groups -OCH3 is 2. The van der Waals surface area contributed by atoms with Gasteiger partial charge in [0.15, 0.2) is 11.5 Å². The second kappa shape index (κ2) is 6.11. The molecule has 0 radical (unpaired) electrons. The molecule has 0 amide bonds. The van der Waals surface area contributed by atoms with Gasteiger partial charge in [-0.2, -0.15) is 0 Å². The van der Waals surface area contributed by atoms with Gasteiger partial charge in [0.05, 0.1) is 19.2 Å². The number of aliphatic hydroxyl groups is 1. The molecule has 0 saturated heterocycles. The Balaban J connectivity index is 2.50. The van der Waals surface area contributed by atoms with Gasteiger partial charge in [-0.15, -0.1) is 0 Å². The van der Waals surface area contributed by atoms with Crippen molar-refractivity contribution in [2.45, 2.75) is 6.10 Å². The largest absolute Gasteiger partial charge is 0.493 e. The average Bonchev–Trinajstić information content (AvgIpc) is 2.46. The number of hydrogen-bond donors (Lipinski definition) is 1. The van der Waals surface area contributed by atoms with Crippen LogP contribution in [0.25, 0.3) is 0 Å². The molecule has 3 nitrogen and oxygen atoms in total. The predicted molar refractivity (Wildman–Crippen MR) is 75.0 cm³/mol. The van der Waals surface area contributed by atoms with Crippen molar-refractivity contribution in [3.63, 3.8) is 0 Å². The average molecular weight is 297 g/mol. The first kappa shape index (κ1) is 14.6. The van der Waals surface area contributed by atoms with E-state index < -0.39 is 11.9 Å². The first-order chi connectivity index (χ1) is 9.58. The van der Waals surface area contributed by atoms with Gasteiger partial charge >= 0.3 is 0 Å². The van der Waals surface area contributed by atoms with Crippen LogP contribution in [0.1, 0.15) is 17.2 Å². The summed E-state index contributed by atoms with van der Waals surface area (Å²) in [4.78, 5) is 0. The van der Waals surface area contributed by atoms with E-state index in [-0.39, 0.29) is 10.6 Å². The van der Waals surface area contributed by atoms with Gasteiger partial charge in [0, 0.05) is 17.2 Å². The fourth-order valence-corrected chi connectivity index (χ4v) is 2.20. The Hall–Kier alpha value is -1.78. The zero-order valence-corrected chi connectivity index (χ0v) is 11.8. The van der Waals surface area contributed by atoms with Crippen LogP contribution >= 0.6 is 11.6 Å². The molecule has 0 fully saturated rings. The molecule has 0 aliphatic carbocycles. The molecular weight excluding hydrogens is 283 g/mol. The Kier molecular flexibility index (Phi) is 4.47. The molecule has 2 rings (SSSR count). The Bertz CT molecular complexity index is 616. The number of halogens is 2. The lowest BCUT2D eigenvalue weighted by atomic mass is 10.0. The zero-order chi connectivity index (χ0) is 14.7. The van der Waals surface area contributed by atoms with Crippen LogP contribution < -0.4 is 9.47 Å². The summed E-state index contributed by atoms with van der Waals surface area (Å²) in [6.07, 6.45) is -1.18. The van der Waals surface area contributed by atoms with Crippen LogP contribution in [0.2, 0.25) is 5.02 Å². The third-order valence-electron chi connectivity index (χ3n) is 3.00. The molecule has 5 heteroatoms. The molecule has 106 valence electrons. The normalized spacial score (nSPS) is 12.1. The topological polar surface area (TPSA) is 38.7 Å². The smallest absolute Gasteiger partial charge is 0.162 e. The molecule has 0 spiro atoms. The Labute approximate surface area is 121 Å². The van der Waals surface area contributed by atoms with Crippen LogP contribution in [0.4, 0.5) is 4.39 Å². The molecule has 0 aromatic heterocycles. The number of aliphatic hydroxyl groups excluding tert-OH is 1. The van der Waals surface area contributed by atoms with Crippen molar-refractivity contribution in [1.82, 2.24) is 0 Å². The summed E-state index contributed by atoms with van der Waals surface area (Å²) in [7, 11) is 2.96. The van der Waals surface area contributed by atoms with Crippen molar-refractivity contribution < 1.29 is 19.0 Å². The fourth-order valence-electron chi connectivity index (χ4n) is 1.94. The summed E-state index contributed by atoms with van der Waals surface area (Å²) >= 11 is 6.12. The minimum Gasteiger partial charge on any atom is -0.493 e. The SMILES string of the molecule is COc1cc(Cl)c(C(O)c2ccccc2F)cc1OC. The predicted octanol–water partition coefficient (Wildman–Crippen LogP) is 3.58. The van der Waals surface area contributed by atoms with Gasteiger partial charge in [-0.1, -0.05) is 29.8 Å². The summed E-state index contributed by atoms with van der Waals surface area (Å²) < 4.78 is 24.0. The molecule has 2 aromatic carbocycles. The van der Waals surface area contributed by atoms with Gasteiger partial charge in [0.1, 0.15) is 11.9 Å². The molecule has 1 atom stereocenters. The summed E-state index contributed by atoms with van der Waals surface area (Å²) in [5.41, 5.74) is 0.510. The third-order valence-corrected chi connectivity index (χ3v) is 3.32. The second-order valence-electron chi connectivity index (χ2n) is 4.15. The number of hydrogen-bond acceptors (Lipinski definition) is 3. The van der Waals surface area contributed by atoms with Gasteiger partial charge in [-0.3, -0.25) is 0 Å². The minimum absolute atomic E-state index is 0.154. The maximum atomic E-state index is 13.7. The van der Waals surface area contributed by atoms with Gasteiger partial charge in [-0.25, -0.2) is 4.39 Å². The van der Waals surface area contributed by atoms with Gasteiger partial charge in [-0.05, 0) is 12.1 Å². The van der Waals surface area contributed by atoms with E-state index in [4.69, 9.17) is 21.1 Å². The van der Waals surface area contributed by atoms with Crippen molar-refractivity contribution in [1.29, 1.82) is 0 Å². The standard InChI is InChI=1S/C15H14ClFO3/c1-19-13-7-10(11(16)8-14(13)20-2)15(18)9-5-3-4-6-12(9)17/h3-8,15,18H,1-2H3. The molecule has 0 aliphatic rings. The first-order valence-corrected chi connectivity index (χ1v) is 6.30. The number of rotatable bonds is 4. The van der Waals surface area contributed by atoms with E-state index in [0.717, 1.165) is 0 Å². The van der Waals surface area contributed by atoms with Crippen molar-refractivity contribution >= 4 is 11.6 Å².